The summed E-state index contributed by atoms with van der Waals surface area (Å²) < 4.78 is 56.2. The molecule has 0 bridgehead atoms. The largest absolute Gasteiger partial charge is 0.435 e. The van der Waals surface area contributed by atoms with Crippen molar-refractivity contribution in [3.8, 4) is 5.75 Å². The molecule has 0 spiro atoms. The van der Waals surface area contributed by atoms with E-state index in [-0.39, 0.29) is 19.6 Å². The molecule has 0 saturated carbocycles. The van der Waals surface area contributed by atoms with E-state index in [1.807, 2.05) is 50.2 Å². The highest BCUT2D eigenvalue weighted by atomic mass is 31.2. The Labute approximate surface area is 236 Å². The van der Waals surface area contributed by atoms with Gasteiger partial charge in [0.05, 0.1) is 31.6 Å². The van der Waals surface area contributed by atoms with E-state index in [1.54, 1.807) is 13.2 Å². The molecule has 4 unspecified atom stereocenters. The summed E-state index contributed by atoms with van der Waals surface area (Å²) in [6.45, 7) is 2.15. The van der Waals surface area contributed by atoms with E-state index in [2.05, 4.69) is 10.1 Å². The summed E-state index contributed by atoms with van der Waals surface area (Å²) in [5, 5.41) is 15.1. The van der Waals surface area contributed by atoms with Crippen LogP contribution in [0, 0.1) is 5.82 Å². The number of rotatable bonds is 10. The summed E-state index contributed by atoms with van der Waals surface area (Å²) in [6, 6.07) is 13.2. The smallest absolute Gasteiger partial charge is 0.351 e. The van der Waals surface area contributed by atoms with Gasteiger partial charge in [-0.1, -0.05) is 36.4 Å². The minimum Gasteiger partial charge on any atom is -0.435 e. The Morgan fingerprint density at radius 2 is 1.93 bits per heavy atom. The Kier molecular flexibility index (Phi) is 14.7. The van der Waals surface area contributed by atoms with Gasteiger partial charge in [0.1, 0.15) is 24.4 Å². The zero-order valence-electron chi connectivity index (χ0n) is 22.8. The van der Waals surface area contributed by atoms with Crippen LogP contribution in [0.2, 0.25) is 0 Å². The Morgan fingerprint density at radius 3 is 2.59 bits per heavy atom. The van der Waals surface area contributed by atoms with Crippen LogP contribution in [0.4, 0.5) is 19.0 Å². The first-order chi connectivity index (χ1) is 19.6. The lowest BCUT2D eigenvalue weighted by atomic mass is 10.1. The maximum atomic E-state index is 13.8. The van der Waals surface area contributed by atoms with Gasteiger partial charge in [-0.15, -0.1) is 0 Å². The number of aliphatic hydroxyl groups is 1. The molecule has 41 heavy (non-hydrogen) atoms. The van der Waals surface area contributed by atoms with Crippen LogP contribution in [0.5, 0.6) is 5.75 Å². The van der Waals surface area contributed by atoms with E-state index < -0.39 is 51.2 Å². The number of carbonyl (C=O) groups excluding carboxylic acids is 1. The molecular weight excluding hydrogens is 568 g/mol. The van der Waals surface area contributed by atoms with E-state index in [4.69, 9.17) is 24.3 Å². The molecule has 0 radical (unpaired) electrons. The van der Waals surface area contributed by atoms with Crippen molar-refractivity contribution in [3.63, 3.8) is 0 Å². The number of aromatic nitrogens is 2. The second-order valence-electron chi connectivity index (χ2n) is 8.63. The Hall–Kier alpha value is -3.13. The molecule has 4 N–H and O–H groups in total. The van der Waals surface area contributed by atoms with Crippen molar-refractivity contribution in [1.82, 2.24) is 14.6 Å². The highest BCUT2D eigenvalue weighted by Gasteiger charge is 2.37. The van der Waals surface area contributed by atoms with Crippen LogP contribution in [0.3, 0.4) is 0 Å². The number of fused-ring (bicyclic) bond motifs is 1. The number of hydrogen-bond donors (Lipinski definition) is 3. The third-order valence-corrected chi connectivity index (χ3v) is 6.70. The molecule has 4 rings (SSSR count). The van der Waals surface area contributed by atoms with Crippen LogP contribution >= 0.6 is 8.53 Å². The predicted octanol–water partition coefficient (Wildman–Crippen LogP) is 3.80. The van der Waals surface area contributed by atoms with Crippen molar-refractivity contribution in [2.45, 2.75) is 44.8 Å². The number of hydrogen-bond acceptors (Lipinski definition) is 10. The van der Waals surface area contributed by atoms with E-state index >= 15 is 0 Å². The van der Waals surface area contributed by atoms with Crippen LogP contribution in [0.25, 0.3) is 10.8 Å². The van der Waals surface area contributed by atoms with Gasteiger partial charge in [-0.3, -0.25) is 4.57 Å². The van der Waals surface area contributed by atoms with Crippen molar-refractivity contribution < 1.29 is 41.6 Å². The van der Waals surface area contributed by atoms with Gasteiger partial charge in [0.15, 0.2) is 11.6 Å². The van der Waals surface area contributed by atoms with Gasteiger partial charge in [0, 0.05) is 18.9 Å². The normalized spacial score (nSPS) is 18.7. The molecule has 1 saturated heterocycles. The average Bonchev–Trinajstić information content (AvgIpc) is 3.32. The molecule has 1 aliphatic rings. The Bertz CT molecular complexity index is 1280. The van der Waals surface area contributed by atoms with E-state index in [0.717, 1.165) is 21.5 Å². The molecule has 15 heteroatoms. The summed E-state index contributed by atoms with van der Waals surface area (Å²) in [6.07, 6.45) is -0.746. The summed E-state index contributed by atoms with van der Waals surface area (Å²) in [7, 11) is -0.0662. The zero-order chi connectivity index (χ0) is 30.4. The van der Waals surface area contributed by atoms with Gasteiger partial charge in [-0.05, 0) is 25.3 Å². The van der Waals surface area contributed by atoms with E-state index in [0.29, 0.717) is 18.1 Å². The lowest BCUT2D eigenvalue weighted by Crippen LogP contribution is -2.29. The number of aliphatic hydroxyl groups excluding tert-OH is 1. The molecule has 1 aliphatic heterocycles. The third kappa shape index (κ3) is 10.7. The number of benzene rings is 2. The first-order valence-corrected chi connectivity index (χ1v) is 13.6. The fourth-order valence-electron chi connectivity index (χ4n) is 3.42. The molecule has 2 heterocycles. The lowest BCUT2D eigenvalue weighted by Gasteiger charge is -2.21. The standard InChI is InChI=1S/C21H22FN4O6P.C4H10O.CH2F2/c22-15-11-26(21(29)25-20(15)23)19-10-16(28)18(31-19)12-30-33(24-8-9-27)32-17-7-3-5-13-4-1-2-6-14(13)17;1-4(2)5-3;2-1-3/h1-7,9,11,16,18-19,24,28H,8,10,12H2,(H2,23,25,29);4H,1-3H3;1H2. The number of carbonyl (C=O) groups is 1. The summed E-state index contributed by atoms with van der Waals surface area (Å²) >= 11 is 0. The summed E-state index contributed by atoms with van der Waals surface area (Å²) in [4.78, 5) is 26.3. The summed E-state index contributed by atoms with van der Waals surface area (Å²) in [5.74, 6) is -0.803. The monoisotopic (exact) mass is 602 g/mol. The van der Waals surface area contributed by atoms with Crippen LogP contribution in [-0.4, -0.2) is 66.4 Å². The number of alkyl halides is 2. The number of nitrogens with zero attached hydrogens (tertiary/aromatic N) is 2. The number of aldehydes is 1. The number of nitrogens with two attached hydrogens (primary N) is 1. The average molecular weight is 603 g/mol. The number of anilines is 1. The maximum Gasteiger partial charge on any atom is 0.351 e. The maximum absolute atomic E-state index is 13.8. The van der Waals surface area contributed by atoms with Gasteiger partial charge < -0.3 is 34.2 Å². The number of nitrogen functional groups attached to an aromatic ring is 1. The number of nitrogens with one attached hydrogen (secondary N) is 1. The first-order valence-electron chi connectivity index (χ1n) is 12.4. The summed E-state index contributed by atoms with van der Waals surface area (Å²) in [5.41, 5.74) is 4.52. The Balaban J connectivity index is 0.000000653. The first kappa shape index (κ1) is 34.1. The molecule has 11 nitrogen and oxygen atoms in total. The van der Waals surface area contributed by atoms with Crippen molar-refractivity contribution in [2.24, 2.45) is 0 Å². The van der Waals surface area contributed by atoms with E-state index in [9.17, 15) is 27.9 Å². The second-order valence-corrected chi connectivity index (χ2v) is 9.90. The van der Waals surface area contributed by atoms with Gasteiger partial charge >= 0.3 is 14.2 Å². The molecular formula is C26H34F3N4O7P. The molecule has 3 aromatic rings. The van der Waals surface area contributed by atoms with Crippen LogP contribution < -0.4 is 21.0 Å². The highest BCUT2D eigenvalue weighted by molar-refractivity contribution is 7.45. The molecule has 0 aliphatic carbocycles. The number of halogens is 3. The van der Waals surface area contributed by atoms with Gasteiger partial charge in [0.25, 0.3) is 0 Å². The molecule has 1 fully saturated rings. The highest BCUT2D eigenvalue weighted by Crippen LogP contribution is 2.40. The zero-order valence-corrected chi connectivity index (χ0v) is 23.7. The predicted molar refractivity (Wildman–Crippen MR) is 148 cm³/mol. The fourth-order valence-corrected chi connectivity index (χ4v) is 4.47. The minimum absolute atomic E-state index is 0.00104. The SMILES string of the molecule is COC(C)C.FCF.Nc1nc(=O)n(C2CC(O)C(COP(NCC=O)Oc3cccc4ccccc34)O2)cc1F. The van der Waals surface area contributed by atoms with Gasteiger partial charge in [0.2, 0.25) is 6.93 Å². The molecule has 4 atom stereocenters. The quantitative estimate of drug-likeness (QED) is 0.231. The molecule has 226 valence electrons. The van der Waals surface area contributed by atoms with Gasteiger partial charge in [-0.25, -0.2) is 23.1 Å². The van der Waals surface area contributed by atoms with Crippen molar-refractivity contribution in [2.75, 3.05) is 32.9 Å². The van der Waals surface area contributed by atoms with Crippen LogP contribution in [0.15, 0.2) is 53.5 Å². The van der Waals surface area contributed by atoms with Crippen molar-refractivity contribution in [3.05, 3.63) is 65.0 Å². The fraction of sp³-hybridized carbons (Fsp3) is 0.423. The number of ether oxygens (including phenoxy) is 2. The van der Waals surface area contributed by atoms with Crippen molar-refractivity contribution >= 4 is 31.4 Å². The molecule has 0 amide bonds. The topological polar surface area (TPSA) is 147 Å². The minimum atomic E-state index is -1.77. The van der Waals surface area contributed by atoms with Crippen LogP contribution in [0.1, 0.15) is 26.5 Å². The van der Waals surface area contributed by atoms with Crippen LogP contribution in [-0.2, 0) is 18.8 Å². The molecule has 1 aromatic heterocycles. The third-order valence-electron chi connectivity index (χ3n) is 5.51. The van der Waals surface area contributed by atoms with E-state index in [1.165, 1.54) is 0 Å². The second kappa shape index (κ2) is 17.6. The lowest BCUT2D eigenvalue weighted by molar-refractivity contribution is -0.107. The van der Waals surface area contributed by atoms with Gasteiger partial charge in [-0.2, -0.15) is 4.98 Å². The Morgan fingerprint density at radius 1 is 1.27 bits per heavy atom. The molecule has 2 aromatic carbocycles. The number of methoxy groups -OCH3 is 1. The van der Waals surface area contributed by atoms with Crippen molar-refractivity contribution in [1.29, 1.82) is 0 Å².